The molecule has 0 spiro atoms. The fourth-order valence-electron chi connectivity index (χ4n) is 2.79. The van der Waals surface area contributed by atoms with Gasteiger partial charge in [-0.25, -0.2) is 19.6 Å². The summed E-state index contributed by atoms with van der Waals surface area (Å²) < 4.78 is 10.2. The van der Waals surface area contributed by atoms with E-state index >= 15 is 0 Å². The molecule has 1 aromatic rings. The van der Waals surface area contributed by atoms with Crippen LogP contribution in [0.3, 0.4) is 0 Å². The molecule has 2 rings (SSSR count). The maximum Gasteiger partial charge on any atom is 0.429 e. The van der Waals surface area contributed by atoms with Gasteiger partial charge in [0.05, 0.1) is 11.9 Å². The van der Waals surface area contributed by atoms with Crippen LogP contribution in [0.25, 0.3) is 0 Å². The highest BCUT2D eigenvalue weighted by Crippen LogP contribution is 2.24. The van der Waals surface area contributed by atoms with Crippen LogP contribution in [0.1, 0.15) is 24.8 Å². The lowest BCUT2D eigenvalue weighted by Gasteiger charge is -2.42. The molecule has 1 aromatic carbocycles. The normalized spacial score (nSPS) is 18.0. The van der Waals surface area contributed by atoms with E-state index in [1.165, 1.54) is 17.1 Å². The van der Waals surface area contributed by atoms with E-state index in [4.69, 9.17) is 9.47 Å². The molecule has 0 aliphatic carbocycles. The molecule has 0 saturated carbocycles. The number of halogens is 2. The molecule has 1 aliphatic heterocycles. The molecule has 9 heteroatoms. The molecular formula is C18H22Br2N2O5. The molecule has 0 radical (unpaired) electrons. The summed E-state index contributed by atoms with van der Waals surface area (Å²) in [6.45, 7) is 0.376. The Kier molecular flexibility index (Phi) is 8.56. The van der Waals surface area contributed by atoms with Crippen molar-refractivity contribution in [1.82, 2.24) is 10.0 Å². The van der Waals surface area contributed by atoms with Crippen molar-refractivity contribution in [1.29, 1.82) is 0 Å². The molecule has 2 unspecified atom stereocenters. The minimum absolute atomic E-state index is 0.0836. The second-order valence-electron chi connectivity index (χ2n) is 5.97. The van der Waals surface area contributed by atoms with Crippen LogP contribution in [0.5, 0.6) is 0 Å². The Balaban J connectivity index is 2.17. The van der Waals surface area contributed by atoms with E-state index in [0.717, 1.165) is 5.56 Å². The van der Waals surface area contributed by atoms with E-state index in [2.05, 4.69) is 31.9 Å². The van der Waals surface area contributed by atoms with Gasteiger partial charge in [-0.3, -0.25) is 4.79 Å². The monoisotopic (exact) mass is 504 g/mol. The number of carbonyl (C=O) groups excluding carboxylic acids is 3. The van der Waals surface area contributed by atoms with Crippen molar-refractivity contribution in [3.05, 3.63) is 35.9 Å². The maximum atomic E-state index is 12.9. The number of amides is 2. The summed E-state index contributed by atoms with van der Waals surface area (Å²) >= 11 is 6.63. The Morgan fingerprint density at radius 3 is 2.59 bits per heavy atom. The number of alkyl halides is 2. The van der Waals surface area contributed by atoms with E-state index in [9.17, 15) is 14.4 Å². The summed E-state index contributed by atoms with van der Waals surface area (Å²) in [6.07, 6.45) is 0.833. The van der Waals surface area contributed by atoms with Crippen LogP contribution in [0.15, 0.2) is 30.3 Å². The van der Waals surface area contributed by atoms with Crippen LogP contribution < -0.4 is 0 Å². The Morgan fingerprint density at radius 2 is 1.96 bits per heavy atom. The highest BCUT2D eigenvalue weighted by atomic mass is 79.9. The number of esters is 1. The SMILES string of the molecule is COC(=O)C1CCCN(C(=O)OCc2ccccc2)N1C(=O)C(Br)CCBr. The summed E-state index contributed by atoms with van der Waals surface area (Å²) in [4.78, 5) is 37.2. The lowest BCUT2D eigenvalue weighted by atomic mass is 10.1. The third kappa shape index (κ3) is 5.68. The quantitative estimate of drug-likeness (QED) is 0.438. The number of carbonyl (C=O) groups is 3. The minimum atomic E-state index is -0.851. The van der Waals surface area contributed by atoms with Crippen molar-refractivity contribution < 1.29 is 23.9 Å². The van der Waals surface area contributed by atoms with E-state index in [1.54, 1.807) is 0 Å². The van der Waals surface area contributed by atoms with Gasteiger partial charge < -0.3 is 9.47 Å². The Bertz CT molecular complexity index is 658. The summed E-state index contributed by atoms with van der Waals surface area (Å²) in [5.74, 6) is -0.927. The third-order valence-electron chi connectivity index (χ3n) is 4.15. The maximum absolute atomic E-state index is 12.9. The fourth-order valence-corrected chi connectivity index (χ4v) is 4.31. The van der Waals surface area contributed by atoms with E-state index in [1.807, 2.05) is 30.3 Å². The van der Waals surface area contributed by atoms with E-state index in [0.29, 0.717) is 31.1 Å². The van der Waals surface area contributed by atoms with Crippen molar-refractivity contribution in [2.24, 2.45) is 0 Å². The predicted molar refractivity (Wildman–Crippen MR) is 106 cm³/mol. The van der Waals surface area contributed by atoms with Gasteiger partial charge in [-0.1, -0.05) is 62.2 Å². The number of rotatable bonds is 6. The largest absolute Gasteiger partial charge is 0.467 e. The summed E-state index contributed by atoms with van der Waals surface area (Å²) in [6, 6.07) is 8.40. The molecule has 0 aromatic heterocycles. The first-order chi connectivity index (χ1) is 13.0. The van der Waals surface area contributed by atoms with Gasteiger partial charge in [0.1, 0.15) is 6.61 Å². The van der Waals surface area contributed by atoms with Gasteiger partial charge in [0.2, 0.25) is 0 Å². The fraction of sp³-hybridized carbons (Fsp3) is 0.500. The van der Waals surface area contributed by atoms with Crippen LogP contribution in [-0.4, -0.2) is 57.8 Å². The van der Waals surface area contributed by atoms with Gasteiger partial charge in [-0.15, -0.1) is 0 Å². The highest BCUT2D eigenvalue weighted by Gasteiger charge is 2.42. The van der Waals surface area contributed by atoms with Gasteiger partial charge in [0, 0.05) is 11.9 Å². The van der Waals surface area contributed by atoms with Gasteiger partial charge >= 0.3 is 12.1 Å². The number of nitrogens with zero attached hydrogens (tertiary/aromatic N) is 2. The lowest BCUT2D eigenvalue weighted by molar-refractivity contribution is -0.172. The van der Waals surface area contributed by atoms with Crippen molar-refractivity contribution in [3.8, 4) is 0 Å². The van der Waals surface area contributed by atoms with Crippen molar-refractivity contribution in [2.45, 2.75) is 36.7 Å². The van der Waals surface area contributed by atoms with E-state index < -0.39 is 22.9 Å². The molecule has 1 heterocycles. The van der Waals surface area contributed by atoms with E-state index in [-0.39, 0.29) is 12.5 Å². The number of benzene rings is 1. The first kappa shape index (κ1) is 21.7. The third-order valence-corrected chi connectivity index (χ3v) is 5.46. The first-order valence-electron chi connectivity index (χ1n) is 8.58. The molecular weight excluding hydrogens is 484 g/mol. The zero-order valence-corrected chi connectivity index (χ0v) is 18.1. The Morgan fingerprint density at radius 1 is 1.26 bits per heavy atom. The number of hydrogen-bond acceptors (Lipinski definition) is 5. The van der Waals surface area contributed by atoms with Crippen molar-refractivity contribution >= 4 is 49.8 Å². The molecule has 0 bridgehead atoms. The molecule has 0 N–H and O–H groups in total. The Hall–Kier alpha value is -1.61. The molecule has 2 amide bonds. The van der Waals surface area contributed by atoms with Gasteiger partial charge in [0.15, 0.2) is 6.04 Å². The average molecular weight is 506 g/mol. The van der Waals surface area contributed by atoms with Crippen molar-refractivity contribution in [3.63, 3.8) is 0 Å². The summed E-state index contributed by atoms with van der Waals surface area (Å²) in [5, 5.41) is 2.99. The number of methoxy groups -OCH3 is 1. The second kappa shape index (κ2) is 10.7. The molecule has 148 valence electrons. The van der Waals surface area contributed by atoms with Crippen LogP contribution in [-0.2, 0) is 25.7 Å². The molecule has 1 aliphatic rings. The van der Waals surface area contributed by atoms with Gasteiger partial charge in [0.25, 0.3) is 5.91 Å². The predicted octanol–water partition coefficient (Wildman–Crippen LogP) is 3.25. The van der Waals surface area contributed by atoms with Gasteiger partial charge in [-0.2, -0.15) is 0 Å². The lowest BCUT2D eigenvalue weighted by Crippen LogP contribution is -2.61. The summed E-state index contributed by atoms with van der Waals surface area (Å²) in [5.41, 5.74) is 0.836. The topological polar surface area (TPSA) is 76.2 Å². The summed E-state index contributed by atoms with van der Waals surface area (Å²) in [7, 11) is 1.27. The Labute approximate surface area is 175 Å². The zero-order chi connectivity index (χ0) is 19.8. The van der Waals surface area contributed by atoms with Crippen molar-refractivity contribution in [2.75, 3.05) is 19.0 Å². The molecule has 1 saturated heterocycles. The molecule has 2 atom stereocenters. The minimum Gasteiger partial charge on any atom is -0.467 e. The smallest absolute Gasteiger partial charge is 0.429 e. The van der Waals surface area contributed by atoms with Crippen LogP contribution in [0, 0.1) is 0 Å². The zero-order valence-electron chi connectivity index (χ0n) is 15.0. The highest BCUT2D eigenvalue weighted by molar-refractivity contribution is 9.10. The van der Waals surface area contributed by atoms with Crippen LogP contribution in [0.2, 0.25) is 0 Å². The molecule has 7 nitrogen and oxygen atoms in total. The van der Waals surface area contributed by atoms with Crippen LogP contribution >= 0.6 is 31.9 Å². The molecule has 27 heavy (non-hydrogen) atoms. The number of hydrogen-bond donors (Lipinski definition) is 0. The second-order valence-corrected chi connectivity index (χ2v) is 7.87. The van der Waals surface area contributed by atoms with Gasteiger partial charge in [-0.05, 0) is 24.8 Å². The van der Waals surface area contributed by atoms with Crippen LogP contribution in [0.4, 0.5) is 4.79 Å². The standard InChI is InChI=1S/C18H22Br2N2O5/c1-26-17(24)15-8-5-11-21(22(15)16(23)14(20)9-10-19)18(25)27-12-13-6-3-2-4-7-13/h2-4,6-7,14-15H,5,8-12H2,1H3. The molecule has 1 fully saturated rings. The number of hydrazine groups is 1. The average Bonchev–Trinajstić information content (AvgIpc) is 2.71. The first-order valence-corrected chi connectivity index (χ1v) is 10.6. The number of ether oxygens (including phenoxy) is 2.